The SMILES string of the molecule is CCNC(=O)c1cccc(NC(=O)COC(=O)Cc2coc3cc(C)c(C)cc23)c1. The van der Waals surface area contributed by atoms with E-state index in [1.54, 1.807) is 24.3 Å². The van der Waals surface area contributed by atoms with Gasteiger partial charge >= 0.3 is 5.97 Å². The van der Waals surface area contributed by atoms with Gasteiger partial charge in [-0.05, 0) is 62.2 Å². The van der Waals surface area contributed by atoms with Crippen molar-refractivity contribution in [1.82, 2.24) is 5.32 Å². The van der Waals surface area contributed by atoms with E-state index in [2.05, 4.69) is 10.6 Å². The zero-order valence-electron chi connectivity index (χ0n) is 17.2. The highest BCUT2D eigenvalue weighted by molar-refractivity contribution is 5.97. The van der Waals surface area contributed by atoms with Crippen LogP contribution in [-0.4, -0.2) is 30.9 Å². The fraction of sp³-hybridized carbons (Fsp3) is 0.261. The fourth-order valence-electron chi connectivity index (χ4n) is 3.02. The Kier molecular flexibility index (Phi) is 6.51. The second kappa shape index (κ2) is 9.26. The van der Waals surface area contributed by atoms with Crippen molar-refractivity contribution >= 4 is 34.4 Å². The van der Waals surface area contributed by atoms with Gasteiger partial charge in [0.25, 0.3) is 11.8 Å². The topological polar surface area (TPSA) is 97.6 Å². The summed E-state index contributed by atoms with van der Waals surface area (Å²) in [4.78, 5) is 36.2. The highest BCUT2D eigenvalue weighted by Gasteiger charge is 2.14. The normalized spacial score (nSPS) is 10.6. The van der Waals surface area contributed by atoms with Crippen LogP contribution in [0.25, 0.3) is 11.0 Å². The zero-order valence-corrected chi connectivity index (χ0v) is 17.2. The Balaban J connectivity index is 1.55. The number of aryl methyl sites for hydroxylation is 2. The van der Waals surface area contributed by atoms with Crippen LogP contribution < -0.4 is 10.6 Å². The van der Waals surface area contributed by atoms with Gasteiger partial charge < -0.3 is 19.8 Å². The van der Waals surface area contributed by atoms with E-state index in [9.17, 15) is 14.4 Å². The lowest BCUT2D eigenvalue weighted by molar-refractivity contribution is -0.146. The number of hydrogen-bond donors (Lipinski definition) is 2. The number of furan rings is 1. The third kappa shape index (κ3) is 5.05. The maximum absolute atomic E-state index is 12.2. The Morgan fingerprint density at radius 3 is 2.60 bits per heavy atom. The molecule has 3 aromatic rings. The van der Waals surface area contributed by atoms with Gasteiger partial charge in [-0.25, -0.2) is 0 Å². The van der Waals surface area contributed by atoms with Crippen molar-refractivity contribution in [3.8, 4) is 0 Å². The number of carbonyl (C=O) groups is 3. The van der Waals surface area contributed by atoms with Crippen LogP contribution in [-0.2, 0) is 20.7 Å². The lowest BCUT2D eigenvalue weighted by atomic mass is 10.0. The highest BCUT2D eigenvalue weighted by atomic mass is 16.5. The molecule has 156 valence electrons. The van der Waals surface area contributed by atoms with Crippen LogP contribution >= 0.6 is 0 Å². The molecule has 0 spiro atoms. The number of benzene rings is 2. The summed E-state index contributed by atoms with van der Waals surface area (Å²) in [6.45, 7) is 5.91. The summed E-state index contributed by atoms with van der Waals surface area (Å²) < 4.78 is 10.6. The molecule has 0 aliphatic carbocycles. The third-order valence-corrected chi connectivity index (χ3v) is 4.71. The quantitative estimate of drug-likeness (QED) is 0.583. The molecule has 0 aliphatic rings. The second-order valence-electron chi connectivity index (χ2n) is 7.02. The van der Waals surface area contributed by atoms with E-state index in [0.29, 0.717) is 28.9 Å². The van der Waals surface area contributed by atoms with E-state index >= 15 is 0 Å². The number of ether oxygens (including phenoxy) is 1. The number of anilines is 1. The number of carbonyl (C=O) groups excluding carboxylic acids is 3. The average Bonchev–Trinajstić information content (AvgIpc) is 3.08. The average molecular weight is 408 g/mol. The van der Waals surface area contributed by atoms with Gasteiger partial charge in [0.2, 0.25) is 0 Å². The van der Waals surface area contributed by atoms with Gasteiger partial charge in [-0.2, -0.15) is 0 Å². The summed E-state index contributed by atoms with van der Waals surface area (Å²) in [6, 6.07) is 10.4. The van der Waals surface area contributed by atoms with E-state index in [0.717, 1.165) is 16.5 Å². The summed E-state index contributed by atoms with van der Waals surface area (Å²) in [5.41, 5.74) is 4.53. The Morgan fingerprint density at radius 2 is 1.83 bits per heavy atom. The Labute approximate surface area is 174 Å². The summed E-state index contributed by atoms with van der Waals surface area (Å²) in [6.07, 6.45) is 1.55. The molecule has 2 N–H and O–H groups in total. The molecule has 2 aromatic carbocycles. The van der Waals surface area contributed by atoms with Crippen molar-refractivity contribution < 1.29 is 23.5 Å². The molecule has 1 heterocycles. The molecular formula is C23H24N2O5. The number of esters is 1. The maximum atomic E-state index is 12.2. The van der Waals surface area contributed by atoms with Crippen LogP contribution in [0.1, 0.15) is 34.0 Å². The Morgan fingerprint density at radius 1 is 1.07 bits per heavy atom. The molecule has 0 bridgehead atoms. The van der Waals surface area contributed by atoms with Crippen LogP contribution in [0.4, 0.5) is 5.69 Å². The highest BCUT2D eigenvalue weighted by Crippen LogP contribution is 2.25. The lowest BCUT2D eigenvalue weighted by Crippen LogP contribution is -2.24. The van der Waals surface area contributed by atoms with Gasteiger partial charge in [0.1, 0.15) is 5.58 Å². The Bertz CT molecular complexity index is 1100. The fourth-order valence-corrected chi connectivity index (χ4v) is 3.02. The van der Waals surface area contributed by atoms with Gasteiger partial charge in [0, 0.05) is 28.7 Å². The number of amides is 2. The summed E-state index contributed by atoms with van der Waals surface area (Å²) in [5, 5.41) is 6.18. The molecule has 0 aliphatic heterocycles. The molecule has 2 amide bonds. The molecule has 0 fully saturated rings. The van der Waals surface area contributed by atoms with E-state index in [4.69, 9.17) is 9.15 Å². The smallest absolute Gasteiger partial charge is 0.310 e. The second-order valence-corrected chi connectivity index (χ2v) is 7.02. The molecule has 30 heavy (non-hydrogen) atoms. The third-order valence-electron chi connectivity index (χ3n) is 4.71. The molecule has 3 rings (SSSR count). The first kappa shape index (κ1) is 21.1. The van der Waals surface area contributed by atoms with E-state index < -0.39 is 18.5 Å². The van der Waals surface area contributed by atoms with E-state index in [-0.39, 0.29) is 12.3 Å². The van der Waals surface area contributed by atoms with Crippen LogP contribution in [0.3, 0.4) is 0 Å². The van der Waals surface area contributed by atoms with Crippen molar-refractivity contribution in [3.05, 3.63) is 64.9 Å². The zero-order chi connectivity index (χ0) is 21.7. The monoisotopic (exact) mass is 408 g/mol. The molecule has 0 saturated carbocycles. The minimum Gasteiger partial charge on any atom is -0.464 e. The van der Waals surface area contributed by atoms with Crippen LogP contribution in [0.5, 0.6) is 0 Å². The Hall–Kier alpha value is -3.61. The minimum absolute atomic E-state index is 0.00938. The van der Waals surface area contributed by atoms with Gasteiger partial charge in [-0.1, -0.05) is 6.07 Å². The van der Waals surface area contributed by atoms with Crippen LogP contribution in [0.2, 0.25) is 0 Å². The van der Waals surface area contributed by atoms with Crippen molar-refractivity contribution in [2.24, 2.45) is 0 Å². The summed E-state index contributed by atoms with van der Waals surface area (Å²) in [7, 11) is 0. The summed E-state index contributed by atoms with van der Waals surface area (Å²) >= 11 is 0. The van der Waals surface area contributed by atoms with Crippen LogP contribution in [0, 0.1) is 13.8 Å². The van der Waals surface area contributed by atoms with E-state index in [1.807, 2.05) is 32.9 Å². The number of hydrogen-bond acceptors (Lipinski definition) is 5. The molecule has 0 saturated heterocycles. The predicted molar refractivity (Wildman–Crippen MR) is 113 cm³/mol. The molecule has 7 nitrogen and oxygen atoms in total. The first-order valence-corrected chi connectivity index (χ1v) is 9.68. The van der Waals surface area contributed by atoms with Gasteiger partial charge in [0.15, 0.2) is 6.61 Å². The van der Waals surface area contributed by atoms with Crippen molar-refractivity contribution in [1.29, 1.82) is 0 Å². The van der Waals surface area contributed by atoms with Gasteiger partial charge in [-0.15, -0.1) is 0 Å². The van der Waals surface area contributed by atoms with Crippen molar-refractivity contribution in [3.63, 3.8) is 0 Å². The first-order chi connectivity index (χ1) is 14.4. The molecule has 0 atom stereocenters. The minimum atomic E-state index is -0.526. The van der Waals surface area contributed by atoms with E-state index in [1.165, 1.54) is 6.26 Å². The predicted octanol–water partition coefficient (Wildman–Crippen LogP) is 3.52. The number of rotatable bonds is 7. The molecule has 7 heteroatoms. The van der Waals surface area contributed by atoms with Crippen molar-refractivity contribution in [2.45, 2.75) is 27.2 Å². The first-order valence-electron chi connectivity index (χ1n) is 9.68. The number of nitrogens with one attached hydrogen (secondary N) is 2. The van der Waals surface area contributed by atoms with Crippen LogP contribution in [0.15, 0.2) is 47.1 Å². The maximum Gasteiger partial charge on any atom is 0.310 e. The molecule has 0 radical (unpaired) electrons. The number of fused-ring (bicyclic) bond motifs is 1. The van der Waals surface area contributed by atoms with Gasteiger partial charge in [0.05, 0.1) is 12.7 Å². The standard InChI is InChI=1S/C23H24N2O5/c1-4-24-23(28)16-6-5-7-18(10-16)25-21(26)13-30-22(27)11-17-12-29-20-9-15(3)14(2)8-19(17)20/h5-10,12H,4,11,13H2,1-3H3,(H,24,28)(H,25,26). The lowest BCUT2D eigenvalue weighted by Gasteiger charge is -2.08. The largest absolute Gasteiger partial charge is 0.464 e. The van der Waals surface area contributed by atoms with Gasteiger partial charge in [-0.3, -0.25) is 14.4 Å². The summed E-state index contributed by atoms with van der Waals surface area (Å²) in [5.74, 6) is -1.24. The molecular weight excluding hydrogens is 384 g/mol. The molecule has 1 aromatic heterocycles. The van der Waals surface area contributed by atoms with Crippen molar-refractivity contribution in [2.75, 3.05) is 18.5 Å². The molecule has 0 unspecified atom stereocenters.